The Kier molecular flexibility index (Phi) is 5.93. The molecule has 4 heterocycles. The smallest absolute Gasteiger partial charge is 0.328 e. The van der Waals surface area contributed by atoms with Crippen LogP contribution in [0.1, 0.15) is 36.2 Å². The standard InChI is InChI=1S/C28H32BrN5O2/c1-3-28-18-22-21-17-20(29)9-10-23(21)30-24(22)25(19-7-5-4-6-8-19)34(28)27(36)33(26(28)35)16-15-32-13-11-31(2)12-14-32/h4-10,17,25,30H,3,11-16,18H2,1-2H3. The topological polar surface area (TPSA) is 62.9 Å². The molecule has 2 aromatic carbocycles. The molecule has 0 spiro atoms. The first-order valence-corrected chi connectivity index (χ1v) is 13.6. The van der Waals surface area contributed by atoms with Crippen LogP contribution < -0.4 is 0 Å². The van der Waals surface area contributed by atoms with E-state index in [4.69, 9.17) is 0 Å². The van der Waals surface area contributed by atoms with Crippen molar-refractivity contribution >= 4 is 38.8 Å². The highest BCUT2D eigenvalue weighted by Crippen LogP contribution is 2.50. The molecular weight excluding hydrogens is 518 g/mol. The van der Waals surface area contributed by atoms with Gasteiger partial charge in [0.1, 0.15) is 11.6 Å². The molecule has 0 bridgehead atoms. The van der Waals surface area contributed by atoms with Gasteiger partial charge >= 0.3 is 6.03 Å². The number of likely N-dealkylation sites (N-methyl/N-ethyl adjacent to an activating group) is 1. The largest absolute Gasteiger partial charge is 0.356 e. The van der Waals surface area contributed by atoms with Crippen molar-refractivity contribution < 1.29 is 9.59 Å². The second-order valence-electron chi connectivity index (χ2n) is 10.3. The van der Waals surface area contributed by atoms with Crippen molar-refractivity contribution in [2.24, 2.45) is 0 Å². The van der Waals surface area contributed by atoms with Gasteiger partial charge in [0.15, 0.2) is 0 Å². The fourth-order valence-electron chi connectivity index (χ4n) is 6.27. The number of urea groups is 1. The fourth-order valence-corrected chi connectivity index (χ4v) is 6.63. The second kappa shape index (κ2) is 9.01. The van der Waals surface area contributed by atoms with Gasteiger partial charge in [-0.05, 0) is 42.8 Å². The summed E-state index contributed by atoms with van der Waals surface area (Å²) in [5.74, 6) is -0.0555. The van der Waals surface area contributed by atoms with Crippen LogP contribution in [0.3, 0.4) is 0 Å². The monoisotopic (exact) mass is 549 g/mol. The van der Waals surface area contributed by atoms with Gasteiger partial charge in [-0.1, -0.05) is 53.2 Å². The number of fused-ring (bicyclic) bond motifs is 4. The van der Waals surface area contributed by atoms with E-state index in [1.165, 1.54) is 4.90 Å². The van der Waals surface area contributed by atoms with E-state index in [0.29, 0.717) is 19.4 Å². The highest BCUT2D eigenvalue weighted by Gasteiger charge is 2.61. The number of amides is 3. The molecule has 36 heavy (non-hydrogen) atoms. The van der Waals surface area contributed by atoms with Crippen LogP contribution in [0, 0.1) is 0 Å². The van der Waals surface area contributed by atoms with Gasteiger partial charge in [-0.15, -0.1) is 0 Å². The molecule has 3 aromatic rings. The third-order valence-electron chi connectivity index (χ3n) is 8.38. The number of halogens is 1. The predicted octanol–water partition coefficient (Wildman–Crippen LogP) is 4.24. The molecule has 2 unspecified atom stereocenters. The summed E-state index contributed by atoms with van der Waals surface area (Å²) in [6.07, 6.45) is 1.10. The van der Waals surface area contributed by atoms with Gasteiger partial charge < -0.3 is 9.88 Å². The zero-order valence-electron chi connectivity index (χ0n) is 20.8. The molecule has 188 valence electrons. The molecule has 2 saturated heterocycles. The van der Waals surface area contributed by atoms with Crippen LogP contribution in [0.15, 0.2) is 53.0 Å². The van der Waals surface area contributed by atoms with Gasteiger partial charge in [0.2, 0.25) is 0 Å². The van der Waals surface area contributed by atoms with Crippen molar-refractivity contribution in [1.82, 2.24) is 24.6 Å². The molecule has 1 N–H and O–H groups in total. The van der Waals surface area contributed by atoms with Gasteiger partial charge in [0.05, 0.1) is 0 Å². The zero-order chi connectivity index (χ0) is 25.0. The molecule has 3 aliphatic rings. The van der Waals surface area contributed by atoms with Crippen LogP contribution in [0.25, 0.3) is 10.9 Å². The van der Waals surface area contributed by atoms with Gasteiger partial charge in [-0.25, -0.2) is 4.79 Å². The highest BCUT2D eigenvalue weighted by atomic mass is 79.9. The maximum atomic E-state index is 14.2. The van der Waals surface area contributed by atoms with Gasteiger partial charge in [0, 0.05) is 66.8 Å². The Balaban J connectivity index is 1.42. The van der Waals surface area contributed by atoms with E-state index in [1.807, 2.05) is 36.1 Å². The number of carbonyl (C=O) groups excluding carboxylic acids is 2. The highest BCUT2D eigenvalue weighted by molar-refractivity contribution is 9.10. The molecule has 6 rings (SSSR count). The Labute approximate surface area is 220 Å². The Morgan fingerprint density at radius 2 is 1.78 bits per heavy atom. The molecule has 2 atom stereocenters. The van der Waals surface area contributed by atoms with Crippen LogP contribution in [-0.2, 0) is 11.2 Å². The maximum absolute atomic E-state index is 14.2. The number of benzene rings is 2. The van der Waals surface area contributed by atoms with Crippen LogP contribution in [0.4, 0.5) is 4.79 Å². The molecule has 3 aliphatic heterocycles. The Morgan fingerprint density at radius 1 is 1.03 bits per heavy atom. The van der Waals surface area contributed by atoms with Crippen molar-refractivity contribution in [3.05, 3.63) is 69.8 Å². The van der Waals surface area contributed by atoms with Crippen LogP contribution in [0.2, 0.25) is 0 Å². The SMILES string of the molecule is CCC12Cc3c([nH]c4ccc(Br)cc34)C(c3ccccc3)N1C(=O)N(CCN1CCN(C)CC1)C2=O. The number of rotatable bonds is 5. The number of aromatic nitrogens is 1. The quantitative estimate of drug-likeness (QED) is 0.483. The summed E-state index contributed by atoms with van der Waals surface area (Å²) in [5, 5.41) is 1.11. The number of hydrogen-bond donors (Lipinski definition) is 1. The average molecular weight is 551 g/mol. The lowest BCUT2D eigenvalue weighted by Gasteiger charge is -2.44. The van der Waals surface area contributed by atoms with Crippen LogP contribution >= 0.6 is 15.9 Å². The van der Waals surface area contributed by atoms with E-state index in [9.17, 15) is 9.59 Å². The molecule has 8 heteroatoms. The summed E-state index contributed by atoms with van der Waals surface area (Å²) in [6.45, 7) is 7.15. The first-order chi connectivity index (χ1) is 17.4. The van der Waals surface area contributed by atoms with Crippen LogP contribution in [-0.4, -0.2) is 88.4 Å². The predicted molar refractivity (Wildman–Crippen MR) is 144 cm³/mol. The van der Waals surface area contributed by atoms with Crippen molar-refractivity contribution in [2.45, 2.75) is 31.3 Å². The lowest BCUT2D eigenvalue weighted by molar-refractivity contribution is -0.134. The van der Waals surface area contributed by atoms with Crippen molar-refractivity contribution in [1.29, 1.82) is 0 Å². The van der Waals surface area contributed by atoms with Crippen molar-refractivity contribution in [2.75, 3.05) is 46.3 Å². The summed E-state index contributed by atoms with van der Waals surface area (Å²) in [4.78, 5) is 40.0. The minimum Gasteiger partial charge on any atom is -0.356 e. The summed E-state index contributed by atoms with van der Waals surface area (Å²) in [6, 6.07) is 15.8. The summed E-state index contributed by atoms with van der Waals surface area (Å²) < 4.78 is 1.00. The lowest BCUT2D eigenvalue weighted by atomic mass is 9.78. The maximum Gasteiger partial charge on any atom is 0.328 e. The van der Waals surface area contributed by atoms with E-state index in [1.54, 1.807) is 0 Å². The van der Waals surface area contributed by atoms with E-state index in [0.717, 1.165) is 64.9 Å². The first-order valence-electron chi connectivity index (χ1n) is 12.8. The number of piperazine rings is 1. The molecule has 3 amide bonds. The average Bonchev–Trinajstić information content (AvgIpc) is 3.35. The molecule has 2 fully saturated rings. The number of hydrogen-bond acceptors (Lipinski definition) is 4. The third kappa shape index (κ3) is 3.61. The number of carbonyl (C=O) groups is 2. The Morgan fingerprint density at radius 3 is 2.50 bits per heavy atom. The molecule has 1 aromatic heterocycles. The molecular formula is C28H32BrN5O2. The normalized spacial score (nSPS) is 25.0. The molecule has 0 saturated carbocycles. The number of H-pyrrole nitrogens is 1. The summed E-state index contributed by atoms with van der Waals surface area (Å²) in [5.41, 5.74) is 3.32. The minimum absolute atomic E-state index is 0.0555. The molecule has 7 nitrogen and oxygen atoms in total. The van der Waals surface area contributed by atoms with E-state index >= 15 is 0 Å². The number of imide groups is 1. The number of aromatic amines is 1. The second-order valence-corrected chi connectivity index (χ2v) is 11.3. The molecule has 0 radical (unpaired) electrons. The molecule has 0 aliphatic carbocycles. The third-order valence-corrected chi connectivity index (χ3v) is 8.87. The minimum atomic E-state index is -0.885. The van der Waals surface area contributed by atoms with Crippen LogP contribution in [0.5, 0.6) is 0 Å². The lowest BCUT2D eigenvalue weighted by Crippen LogP contribution is -2.55. The fraction of sp³-hybridized carbons (Fsp3) is 0.429. The summed E-state index contributed by atoms with van der Waals surface area (Å²) in [7, 11) is 2.13. The van der Waals surface area contributed by atoms with E-state index in [2.05, 4.69) is 62.0 Å². The Hall–Kier alpha value is -2.68. The van der Waals surface area contributed by atoms with E-state index < -0.39 is 5.54 Å². The van der Waals surface area contributed by atoms with Gasteiger partial charge in [-0.2, -0.15) is 0 Å². The van der Waals surface area contributed by atoms with E-state index in [-0.39, 0.29) is 18.0 Å². The van der Waals surface area contributed by atoms with Gasteiger partial charge in [0.25, 0.3) is 5.91 Å². The first kappa shape index (κ1) is 23.7. The Bertz CT molecular complexity index is 1320. The van der Waals surface area contributed by atoms with Crippen molar-refractivity contribution in [3.8, 4) is 0 Å². The zero-order valence-corrected chi connectivity index (χ0v) is 22.4. The number of nitrogens with one attached hydrogen (secondary N) is 1. The van der Waals surface area contributed by atoms with Gasteiger partial charge in [-0.3, -0.25) is 19.5 Å². The van der Waals surface area contributed by atoms with Crippen molar-refractivity contribution in [3.63, 3.8) is 0 Å². The number of nitrogens with zero attached hydrogens (tertiary/aromatic N) is 4. The summed E-state index contributed by atoms with van der Waals surface area (Å²) >= 11 is 3.62.